The van der Waals surface area contributed by atoms with Crippen LogP contribution in [0.4, 0.5) is 0 Å². The second-order valence-corrected chi connectivity index (χ2v) is 4.69. The van der Waals surface area contributed by atoms with E-state index in [9.17, 15) is 0 Å². The van der Waals surface area contributed by atoms with E-state index in [1.54, 1.807) is 6.08 Å². The Balaban J connectivity index is 2.54. The van der Waals surface area contributed by atoms with Crippen LogP contribution in [0, 0.1) is 0 Å². The van der Waals surface area contributed by atoms with Crippen molar-refractivity contribution in [3.05, 3.63) is 79.4 Å². The van der Waals surface area contributed by atoms with Crippen molar-refractivity contribution >= 4 is 10.8 Å². The van der Waals surface area contributed by atoms with Crippen LogP contribution in [0.1, 0.15) is 11.1 Å². The first-order valence-electron chi connectivity index (χ1n) is 6.80. The molecule has 0 atom stereocenters. The van der Waals surface area contributed by atoms with E-state index in [1.165, 1.54) is 10.9 Å². The Morgan fingerprint density at radius 2 is 1.70 bits per heavy atom. The highest BCUT2D eigenvalue weighted by atomic mass is 16.5. The molecule has 102 valence electrons. The molecule has 0 aliphatic heterocycles. The molecule has 0 spiro atoms. The molecule has 0 radical (unpaired) electrons. The van der Waals surface area contributed by atoms with Crippen molar-refractivity contribution in [1.29, 1.82) is 0 Å². The van der Waals surface area contributed by atoms with Crippen LogP contribution in [0.3, 0.4) is 0 Å². The van der Waals surface area contributed by atoms with Crippen molar-refractivity contribution in [3.63, 3.8) is 0 Å². The Morgan fingerprint density at radius 1 is 0.900 bits per heavy atom. The van der Waals surface area contributed by atoms with E-state index < -0.39 is 0 Å². The Morgan fingerprint density at radius 3 is 2.40 bits per heavy atom. The number of hydrogen-bond acceptors (Lipinski definition) is 1. The number of hydrogen-bond donors (Lipinski definition) is 0. The van der Waals surface area contributed by atoms with Crippen LogP contribution in [0.2, 0.25) is 0 Å². The Hall–Kier alpha value is -2.28. The summed E-state index contributed by atoms with van der Waals surface area (Å²) < 4.78 is 5.87. The van der Waals surface area contributed by atoms with E-state index >= 15 is 0 Å². The van der Waals surface area contributed by atoms with E-state index in [0.29, 0.717) is 6.61 Å². The minimum absolute atomic E-state index is 0.512. The zero-order valence-corrected chi connectivity index (χ0v) is 11.8. The zero-order chi connectivity index (χ0) is 14.4. The van der Waals surface area contributed by atoms with Crippen LogP contribution >= 0.6 is 0 Å². The fourth-order valence-corrected chi connectivity index (χ4v) is 2.32. The molecule has 0 saturated carbocycles. The van der Waals surface area contributed by atoms with Gasteiger partial charge in [-0.05, 0) is 29.4 Å². The average molecular weight is 264 g/mol. The van der Waals surface area contributed by atoms with Gasteiger partial charge in [0.2, 0.25) is 0 Å². The Kier molecular flexibility index (Phi) is 4.78. The van der Waals surface area contributed by atoms with Gasteiger partial charge in [0.15, 0.2) is 0 Å². The lowest BCUT2D eigenvalue weighted by atomic mass is 10.00. The molecule has 1 nitrogen and oxygen atoms in total. The third kappa shape index (κ3) is 3.00. The molecule has 0 bridgehead atoms. The highest BCUT2D eigenvalue weighted by Crippen LogP contribution is 2.31. The lowest BCUT2D eigenvalue weighted by Gasteiger charge is -2.13. The fourth-order valence-electron chi connectivity index (χ4n) is 2.32. The summed E-state index contributed by atoms with van der Waals surface area (Å²) >= 11 is 0. The van der Waals surface area contributed by atoms with Crippen LogP contribution in [0.15, 0.2) is 68.3 Å². The van der Waals surface area contributed by atoms with Crippen molar-refractivity contribution in [1.82, 2.24) is 0 Å². The fraction of sp³-hybridized carbons (Fsp3) is 0.158. The molecule has 0 heterocycles. The first kappa shape index (κ1) is 14.1. The largest absolute Gasteiger partial charge is 0.489 e. The molecule has 0 amide bonds. The van der Waals surface area contributed by atoms with E-state index in [-0.39, 0.29) is 0 Å². The summed E-state index contributed by atoms with van der Waals surface area (Å²) in [4.78, 5) is 0. The summed E-state index contributed by atoms with van der Waals surface area (Å²) in [5.74, 6) is 0.937. The lowest BCUT2D eigenvalue weighted by Crippen LogP contribution is -1.98. The highest BCUT2D eigenvalue weighted by Gasteiger charge is 2.08. The Labute approximate surface area is 120 Å². The quantitative estimate of drug-likeness (QED) is 0.649. The topological polar surface area (TPSA) is 9.23 Å². The van der Waals surface area contributed by atoms with Crippen molar-refractivity contribution in [2.24, 2.45) is 0 Å². The summed E-state index contributed by atoms with van der Waals surface area (Å²) in [5.41, 5.74) is 2.42. The molecule has 0 unspecified atom stereocenters. The highest BCUT2D eigenvalue weighted by molar-refractivity contribution is 5.90. The normalized spacial score (nSPS) is 10.2. The first-order chi connectivity index (χ1) is 9.80. The van der Waals surface area contributed by atoms with E-state index in [4.69, 9.17) is 4.74 Å². The minimum atomic E-state index is 0.512. The second kappa shape index (κ2) is 6.76. The molecule has 0 N–H and O–H groups in total. The molecular formula is C19H20O. The van der Waals surface area contributed by atoms with Gasteiger partial charge in [0.1, 0.15) is 12.4 Å². The van der Waals surface area contributed by atoms with Crippen LogP contribution in [0.5, 0.6) is 5.75 Å². The molecule has 0 fully saturated rings. The van der Waals surface area contributed by atoms with Gasteiger partial charge in [0.05, 0.1) is 0 Å². The molecule has 2 rings (SSSR count). The molecule has 20 heavy (non-hydrogen) atoms. The summed E-state index contributed by atoms with van der Waals surface area (Å²) in [6.07, 6.45) is 7.27. The maximum absolute atomic E-state index is 5.87. The number of benzene rings is 2. The Bertz CT molecular complexity index is 638. The number of ether oxygens (including phenoxy) is 1. The van der Waals surface area contributed by atoms with Gasteiger partial charge in [0.25, 0.3) is 0 Å². The van der Waals surface area contributed by atoms with Crippen LogP contribution in [-0.2, 0) is 12.8 Å². The molecule has 0 aliphatic rings. The summed E-state index contributed by atoms with van der Waals surface area (Å²) in [7, 11) is 0. The van der Waals surface area contributed by atoms with Gasteiger partial charge in [-0.1, -0.05) is 55.1 Å². The van der Waals surface area contributed by atoms with Crippen molar-refractivity contribution in [2.75, 3.05) is 6.61 Å². The SMILES string of the molecule is C=CCOc1c(CC=C)ccc2cc(CC=C)ccc12. The number of rotatable bonds is 7. The van der Waals surface area contributed by atoms with Crippen molar-refractivity contribution in [2.45, 2.75) is 12.8 Å². The van der Waals surface area contributed by atoms with Crippen LogP contribution < -0.4 is 4.74 Å². The smallest absolute Gasteiger partial charge is 0.131 e. The predicted octanol–water partition coefficient (Wildman–Crippen LogP) is 4.86. The molecule has 0 saturated heterocycles. The number of allylic oxidation sites excluding steroid dienone is 2. The average Bonchev–Trinajstić information content (AvgIpc) is 2.46. The van der Waals surface area contributed by atoms with Gasteiger partial charge in [-0.25, -0.2) is 0 Å². The zero-order valence-electron chi connectivity index (χ0n) is 11.8. The van der Waals surface area contributed by atoms with E-state index in [1.807, 2.05) is 12.2 Å². The van der Waals surface area contributed by atoms with Gasteiger partial charge in [-0.15, -0.1) is 13.2 Å². The van der Waals surface area contributed by atoms with Gasteiger partial charge in [-0.3, -0.25) is 0 Å². The van der Waals surface area contributed by atoms with Crippen molar-refractivity contribution < 1.29 is 4.74 Å². The van der Waals surface area contributed by atoms with Gasteiger partial charge < -0.3 is 4.74 Å². The van der Waals surface area contributed by atoms with E-state index in [0.717, 1.165) is 29.5 Å². The number of fused-ring (bicyclic) bond motifs is 1. The molecule has 1 heteroatoms. The molecule has 0 aliphatic carbocycles. The van der Waals surface area contributed by atoms with Gasteiger partial charge >= 0.3 is 0 Å². The van der Waals surface area contributed by atoms with E-state index in [2.05, 4.69) is 50.1 Å². The molecule has 2 aromatic carbocycles. The molecule has 2 aromatic rings. The summed E-state index contributed by atoms with van der Waals surface area (Å²) in [6.45, 7) is 11.8. The molecule has 0 aromatic heterocycles. The van der Waals surface area contributed by atoms with Crippen molar-refractivity contribution in [3.8, 4) is 5.75 Å². The van der Waals surface area contributed by atoms with Crippen LogP contribution in [0.25, 0.3) is 10.8 Å². The lowest BCUT2D eigenvalue weighted by molar-refractivity contribution is 0.364. The molecular weight excluding hydrogens is 244 g/mol. The maximum Gasteiger partial charge on any atom is 0.131 e. The monoisotopic (exact) mass is 264 g/mol. The van der Waals surface area contributed by atoms with Crippen LogP contribution in [-0.4, -0.2) is 6.61 Å². The third-order valence-electron chi connectivity index (χ3n) is 3.21. The first-order valence-corrected chi connectivity index (χ1v) is 6.80. The summed E-state index contributed by atoms with van der Waals surface area (Å²) in [6, 6.07) is 10.7. The third-order valence-corrected chi connectivity index (χ3v) is 3.21. The standard InChI is InChI=1S/C19H20O/c1-4-7-15-9-12-18-17(14-15)11-10-16(8-5-2)19(18)20-13-6-3/h4-6,9-12,14H,1-3,7-8,13H2. The second-order valence-electron chi connectivity index (χ2n) is 4.69. The van der Waals surface area contributed by atoms with Gasteiger partial charge in [0, 0.05) is 5.39 Å². The summed E-state index contributed by atoms with van der Waals surface area (Å²) in [5, 5.41) is 2.33. The minimum Gasteiger partial charge on any atom is -0.489 e. The maximum atomic E-state index is 5.87. The van der Waals surface area contributed by atoms with Gasteiger partial charge in [-0.2, -0.15) is 0 Å². The predicted molar refractivity (Wildman–Crippen MR) is 87.4 cm³/mol.